The zero-order chi connectivity index (χ0) is 7.03. The molecule has 1 saturated heterocycles. The van der Waals surface area contributed by atoms with Gasteiger partial charge in [-0.25, -0.2) is 0 Å². The molecule has 1 unspecified atom stereocenters. The lowest BCUT2D eigenvalue weighted by Crippen LogP contribution is -2.37. The lowest BCUT2D eigenvalue weighted by molar-refractivity contribution is 0.305. The summed E-state index contributed by atoms with van der Waals surface area (Å²) in [5.74, 6) is 0.668. The third-order valence-corrected chi connectivity index (χ3v) is 2.49. The molecule has 2 rings (SSSR count). The van der Waals surface area contributed by atoms with Gasteiger partial charge in [-0.15, -0.1) is 0 Å². The molecule has 2 heterocycles. The van der Waals surface area contributed by atoms with Crippen LogP contribution in [0.15, 0.2) is 10.2 Å². The Balaban J connectivity index is 1.91. The fraction of sp³-hybridized carbons (Fsp3) is 1.00. The molecule has 3 heteroatoms. The standard InChI is InChI=1S/C7H13N3/c1-7(9-10-7)6-3-2-4-8-5-6/h6,8H,2-5H2,1H3. The van der Waals surface area contributed by atoms with Crippen molar-refractivity contribution in [3.63, 3.8) is 0 Å². The second kappa shape index (κ2) is 2.02. The first-order chi connectivity index (χ1) is 4.81. The van der Waals surface area contributed by atoms with Crippen LogP contribution in [0.3, 0.4) is 0 Å². The van der Waals surface area contributed by atoms with E-state index >= 15 is 0 Å². The first-order valence-electron chi connectivity index (χ1n) is 3.96. The van der Waals surface area contributed by atoms with Gasteiger partial charge in [-0.3, -0.25) is 0 Å². The van der Waals surface area contributed by atoms with Crippen molar-refractivity contribution in [2.75, 3.05) is 13.1 Å². The number of hydrogen-bond donors (Lipinski definition) is 1. The van der Waals surface area contributed by atoms with Crippen LogP contribution in [0.5, 0.6) is 0 Å². The highest BCUT2D eigenvalue weighted by molar-refractivity contribution is 4.96. The van der Waals surface area contributed by atoms with E-state index < -0.39 is 0 Å². The number of rotatable bonds is 1. The molecule has 0 saturated carbocycles. The summed E-state index contributed by atoms with van der Waals surface area (Å²) >= 11 is 0. The van der Waals surface area contributed by atoms with Crippen molar-refractivity contribution in [3.8, 4) is 0 Å². The van der Waals surface area contributed by atoms with Crippen LogP contribution in [-0.4, -0.2) is 18.8 Å². The fourth-order valence-corrected chi connectivity index (χ4v) is 1.56. The predicted molar refractivity (Wildman–Crippen MR) is 38.9 cm³/mol. The maximum Gasteiger partial charge on any atom is 0.192 e. The van der Waals surface area contributed by atoms with E-state index in [0.717, 1.165) is 6.54 Å². The molecule has 0 aliphatic carbocycles. The molecule has 0 aromatic heterocycles. The molecule has 1 fully saturated rings. The van der Waals surface area contributed by atoms with Gasteiger partial charge in [0.25, 0.3) is 0 Å². The van der Waals surface area contributed by atoms with Gasteiger partial charge >= 0.3 is 0 Å². The molecule has 1 N–H and O–H groups in total. The summed E-state index contributed by atoms with van der Waals surface area (Å²) in [5.41, 5.74) is 0.00736. The molecule has 0 bridgehead atoms. The molecule has 0 radical (unpaired) electrons. The average Bonchev–Trinajstić information content (AvgIpc) is 2.72. The molecule has 0 aromatic carbocycles. The summed E-state index contributed by atoms with van der Waals surface area (Å²) < 4.78 is 0. The van der Waals surface area contributed by atoms with Crippen molar-refractivity contribution < 1.29 is 0 Å². The smallest absolute Gasteiger partial charge is 0.192 e. The van der Waals surface area contributed by atoms with Gasteiger partial charge in [0.1, 0.15) is 0 Å². The quantitative estimate of drug-likeness (QED) is 0.581. The Morgan fingerprint density at radius 1 is 1.50 bits per heavy atom. The second-order valence-corrected chi connectivity index (χ2v) is 3.34. The van der Waals surface area contributed by atoms with E-state index in [1.54, 1.807) is 0 Å². The molecule has 56 valence electrons. The molecule has 0 amide bonds. The Morgan fingerprint density at radius 2 is 2.30 bits per heavy atom. The third kappa shape index (κ3) is 0.944. The Labute approximate surface area is 60.9 Å². The largest absolute Gasteiger partial charge is 0.316 e. The van der Waals surface area contributed by atoms with Gasteiger partial charge in [0.15, 0.2) is 5.66 Å². The summed E-state index contributed by atoms with van der Waals surface area (Å²) in [4.78, 5) is 0. The first kappa shape index (κ1) is 6.28. The van der Waals surface area contributed by atoms with Crippen LogP contribution in [0, 0.1) is 5.92 Å². The Morgan fingerprint density at radius 3 is 2.80 bits per heavy atom. The van der Waals surface area contributed by atoms with Crippen LogP contribution >= 0.6 is 0 Å². The van der Waals surface area contributed by atoms with E-state index in [2.05, 4.69) is 22.5 Å². The molecule has 2 aliphatic heterocycles. The third-order valence-electron chi connectivity index (χ3n) is 2.49. The Hall–Kier alpha value is -0.440. The maximum atomic E-state index is 4.04. The van der Waals surface area contributed by atoms with Gasteiger partial charge in [0.2, 0.25) is 0 Å². The van der Waals surface area contributed by atoms with Crippen molar-refractivity contribution in [3.05, 3.63) is 0 Å². The second-order valence-electron chi connectivity index (χ2n) is 3.34. The van der Waals surface area contributed by atoms with Crippen molar-refractivity contribution >= 4 is 0 Å². The monoisotopic (exact) mass is 139 g/mol. The van der Waals surface area contributed by atoms with Gasteiger partial charge in [-0.05, 0) is 26.3 Å². The molecule has 10 heavy (non-hydrogen) atoms. The highest BCUT2D eigenvalue weighted by Gasteiger charge is 2.42. The minimum atomic E-state index is 0.00736. The minimum absolute atomic E-state index is 0.00736. The number of piperidine rings is 1. The van der Waals surface area contributed by atoms with E-state index in [9.17, 15) is 0 Å². The maximum absolute atomic E-state index is 4.04. The van der Waals surface area contributed by atoms with Gasteiger partial charge in [0.05, 0.1) is 0 Å². The minimum Gasteiger partial charge on any atom is -0.316 e. The predicted octanol–water partition coefficient (Wildman–Crippen LogP) is 1.17. The lowest BCUT2D eigenvalue weighted by Gasteiger charge is -2.24. The molecular weight excluding hydrogens is 126 g/mol. The average molecular weight is 139 g/mol. The molecule has 0 aromatic rings. The molecular formula is C7H13N3. The zero-order valence-electron chi connectivity index (χ0n) is 6.30. The molecule has 1 atom stereocenters. The molecule has 0 spiro atoms. The van der Waals surface area contributed by atoms with Gasteiger partial charge in [0, 0.05) is 12.5 Å². The summed E-state index contributed by atoms with van der Waals surface area (Å²) in [5, 5.41) is 11.4. The van der Waals surface area contributed by atoms with Gasteiger partial charge < -0.3 is 5.32 Å². The summed E-state index contributed by atoms with van der Waals surface area (Å²) in [6.07, 6.45) is 2.57. The highest BCUT2D eigenvalue weighted by atomic mass is 15.4. The number of hydrogen-bond acceptors (Lipinski definition) is 3. The number of nitrogens with zero attached hydrogens (tertiary/aromatic N) is 2. The molecule has 2 aliphatic rings. The Kier molecular flexibility index (Phi) is 1.27. The molecule has 3 nitrogen and oxygen atoms in total. The zero-order valence-corrected chi connectivity index (χ0v) is 6.30. The van der Waals surface area contributed by atoms with E-state index in [0.29, 0.717) is 5.92 Å². The lowest BCUT2D eigenvalue weighted by atomic mass is 9.90. The van der Waals surface area contributed by atoms with Crippen molar-refractivity contribution in [2.24, 2.45) is 16.1 Å². The van der Waals surface area contributed by atoms with Gasteiger partial charge in [-0.1, -0.05) is 0 Å². The van der Waals surface area contributed by atoms with Crippen LogP contribution in [0.2, 0.25) is 0 Å². The van der Waals surface area contributed by atoms with E-state index in [1.165, 1.54) is 19.4 Å². The normalized spacial score (nSPS) is 35.9. The summed E-state index contributed by atoms with van der Waals surface area (Å²) in [7, 11) is 0. The fourth-order valence-electron chi connectivity index (χ4n) is 1.56. The van der Waals surface area contributed by atoms with E-state index in [1.807, 2.05) is 0 Å². The summed E-state index contributed by atoms with van der Waals surface area (Å²) in [6, 6.07) is 0. The first-order valence-corrected chi connectivity index (χ1v) is 3.96. The van der Waals surface area contributed by atoms with Crippen LogP contribution in [-0.2, 0) is 0 Å². The SMILES string of the molecule is CC1(C2CCCNC2)N=N1. The Bertz CT molecular complexity index is 152. The van der Waals surface area contributed by atoms with Gasteiger partial charge in [-0.2, -0.15) is 10.2 Å². The van der Waals surface area contributed by atoms with Crippen molar-refractivity contribution in [1.29, 1.82) is 0 Å². The number of nitrogens with one attached hydrogen (secondary N) is 1. The van der Waals surface area contributed by atoms with E-state index in [-0.39, 0.29) is 5.66 Å². The van der Waals surface area contributed by atoms with Crippen molar-refractivity contribution in [1.82, 2.24) is 5.32 Å². The topological polar surface area (TPSA) is 36.8 Å². The summed E-state index contributed by atoms with van der Waals surface area (Å²) in [6.45, 7) is 4.39. The van der Waals surface area contributed by atoms with Crippen LogP contribution < -0.4 is 5.32 Å². The van der Waals surface area contributed by atoms with E-state index in [4.69, 9.17) is 0 Å². The highest BCUT2D eigenvalue weighted by Crippen LogP contribution is 2.38. The van der Waals surface area contributed by atoms with Crippen LogP contribution in [0.4, 0.5) is 0 Å². The van der Waals surface area contributed by atoms with Crippen molar-refractivity contribution in [2.45, 2.75) is 25.4 Å². The van der Waals surface area contributed by atoms with Crippen LogP contribution in [0.25, 0.3) is 0 Å². The van der Waals surface area contributed by atoms with Crippen LogP contribution in [0.1, 0.15) is 19.8 Å².